The molecule has 0 unspecified atom stereocenters. The largest absolute Gasteiger partial charge is 0.484 e. The van der Waals surface area contributed by atoms with Crippen molar-refractivity contribution in [3.63, 3.8) is 0 Å². The molecule has 1 aliphatic heterocycles. The van der Waals surface area contributed by atoms with Crippen molar-refractivity contribution in [1.29, 1.82) is 0 Å². The Kier molecular flexibility index (Phi) is 4.04. The SMILES string of the molecule is Cc1ccc(OCC(=O)N2CC(O)(C(C)C)C2)cc1C. The fourth-order valence-corrected chi connectivity index (χ4v) is 2.20. The van der Waals surface area contributed by atoms with Crippen molar-refractivity contribution in [2.45, 2.75) is 33.3 Å². The van der Waals surface area contributed by atoms with Gasteiger partial charge in [0.1, 0.15) is 11.4 Å². The van der Waals surface area contributed by atoms with Crippen molar-refractivity contribution in [2.75, 3.05) is 19.7 Å². The van der Waals surface area contributed by atoms with E-state index in [9.17, 15) is 9.90 Å². The fourth-order valence-electron chi connectivity index (χ4n) is 2.20. The molecule has 0 spiro atoms. The standard InChI is InChI=1S/C16H23NO3/c1-11(2)16(19)9-17(10-16)15(18)8-20-14-6-5-12(3)13(4)7-14/h5-7,11,19H,8-10H2,1-4H3. The van der Waals surface area contributed by atoms with E-state index in [1.165, 1.54) is 5.56 Å². The lowest BCUT2D eigenvalue weighted by Crippen LogP contribution is -2.66. The summed E-state index contributed by atoms with van der Waals surface area (Å²) in [6.45, 7) is 8.82. The number of likely N-dealkylation sites (tertiary alicyclic amines) is 1. The molecule has 0 aliphatic carbocycles. The van der Waals surface area contributed by atoms with E-state index >= 15 is 0 Å². The monoisotopic (exact) mass is 277 g/mol. The average molecular weight is 277 g/mol. The Bertz CT molecular complexity index is 504. The molecule has 1 heterocycles. The summed E-state index contributed by atoms with van der Waals surface area (Å²) in [5.74, 6) is 0.793. The molecule has 0 aromatic heterocycles. The minimum absolute atomic E-state index is 0.0245. The van der Waals surface area contributed by atoms with Gasteiger partial charge in [-0.2, -0.15) is 0 Å². The summed E-state index contributed by atoms with van der Waals surface area (Å²) >= 11 is 0. The molecule has 110 valence electrons. The molecule has 4 heteroatoms. The molecule has 1 aliphatic rings. The highest BCUT2D eigenvalue weighted by Gasteiger charge is 2.45. The molecule has 1 aromatic rings. The summed E-state index contributed by atoms with van der Waals surface area (Å²) in [5.41, 5.74) is 1.62. The van der Waals surface area contributed by atoms with Gasteiger partial charge < -0.3 is 14.7 Å². The quantitative estimate of drug-likeness (QED) is 0.914. The normalized spacial score (nSPS) is 17.0. The van der Waals surface area contributed by atoms with Gasteiger partial charge in [-0.25, -0.2) is 0 Å². The third-order valence-electron chi connectivity index (χ3n) is 4.20. The number of carbonyl (C=O) groups is 1. The number of aliphatic hydroxyl groups is 1. The van der Waals surface area contributed by atoms with Gasteiger partial charge in [0.2, 0.25) is 0 Å². The molecule has 0 saturated carbocycles. The van der Waals surface area contributed by atoms with Crippen molar-refractivity contribution in [3.05, 3.63) is 29.3 Å². The molecule has 4 nitrogen and oxygen atoms in total. The van der Waals surface area contributed by atoms with Crippen LogP contribution in [-0.4, -0.2) is 41.2 Å². The van der Waals surface area contributed by atoms with Crippen molar-refractivity contribution in [3.8, 4) is 5.75 Å². The molecule has 0 bridgehead atoms. The summed E-state index contributed by atoms with van der Waals surface area (Å²) in [4.78, 5) is 13.6. The average Bonchev–Trinajstić information content (AvgIpc) is 2.35. The Morgan fingerprint density at radius 1 is 1.35 bits per heavy atom. The Morgan fingerprint density at radius 2 is 2.00 bits per heavy atom. The van der Waals surface area contributed by atoms with Gasteiger partial charge in [-0.05, 0) is 43.0 Å². The number of amides is 1. The number of ether oxygens (including phenoxy) is 1. The van der Waals surface area contributed by atoms with Gasteiger partial charge in [-0.3, -0.25) is 4.79 Å². The first kappa shape index (κ1) is 14.9. The lowest BCUT2D eigenvalue weighted by Gasteiger charge is -2.48. The molecular weight excluding hydrogens is 254 g/mol. The van der Waals surface area contributed by atoms with E-state index in [1.54, 1.807) is 4.90 Å². The van der Waals surface area contributed by atoms with Crippen molar-refractivity contribution in [2.24, 2.45) is 5.92 Å². The van der Waals surface area contributed by atoms with Crippen LogP contribution in [0.1, 0.15) is 25.0 Å². The van der Waals surface area contributed by atoms with Crippen LogP contribution in [0.5, 0.6) is 5.75 Å². The van der Waals surface area contributed by atoms with E-state index in [2.05, 4.69) is 0 Å². The first-order valence-electron chi connectivity index (χ1n) is 7.02. The van der Waals surface area contributed by atoms with Crippen molar-refractivity contribution >= 4 is 5.91 Å². The number of rotatable bonds is 4. The van der Waals surface area contributed by atoms with Crippen LogP contribution in [0.15, 0.2) is 18.2 Å². The number of carbonyl (C=O) groups excluding carboxylic acids is 1. The summed E-state index contributed by atoms with van der Waals surface area (Å²) in [5, 5.41) is 10.1. The topological polar surface area (TPSA) is 49.8 Å². The van der Waals surface area contributed by atoms with E-state index in [4.69, 9.17) is 4.74 Å². The van der Waals surface area contributed by atoms with E-state index in [-0.39, 0.29) is 18.4 Å². The molecule has 1 amide bonds. The van der Waals surface area contributed by atoms with Gasteiger partial charge in [0, 0.05) is 0 Å². The zero-order valence-corrected chi connectivity index (χ0v) is 12.6. The Hall–Kier alpha value is -1.55. The second kappa shape index (κ2) is 5.44. The van der Waals surface area contributed by atoms with Crippen LogP contribution in [0.4, 0.5) is 0 Å². The number of nitrogens with zero attached hydrogens (tertiary/aromatic N) is 1. The van der Waals surface area contributed by atoms with Crippen LogP contribution in [-0.2, 0) is 4.79 Å². The maximum Gasteiger partial charge on any atom is 0.260 e. The molecule has 2 rings (SSSR count). The maximum atomic E-state index is 12.0. The van der Waals surface area contributed by atoms with E-state index in [1.807, 2.05) is 45.9 Å². The third kappa shape index (κ3) is 2.96. The molecule has 0 radical (unpaired) electrons. The summed E-state index contributed by atoms with van der Waals surface area (Å²) in [7, 11) is 0. The van der Waals surface area contributed by atoms with Crippen LogP contribution in [0, 0.1) is 19.8 Å². The lowest BCUT2D eigenvalue weighted by atomic mass is 9.83. The second-order valence-corrected chi connectivity index (χ2v) is 6.04. The third-order valence-corrected chi connectivity index (χ3v) is 4.20. The molecule has 1 saturated heterocycles. The predicted molar refractivity (Wildman–Crippen MR) is 77.8 cm³/mol. The highest BCUT2D eigenvalue weighted by Crippen LogP contribution is 2.28. The number of hydrogen-bond donors (Lipinski definition) is 1. The first-order valence-corrected chi connectivity index (χ1v) is 7.02. The van der Waals surface area contributed by atoms with Gasteiger partial charge in [-0.15, -0.1) is 0 Å². The minimum atomic E-state index is -0.726. The molecule has 1 N–H and O–H groups in total. The molecule has 20 heavy (non-hydrogen) atoms. The number of aryl methyl sites for hydroxylation is 2. The Morgan fingerprint density at radius 3 is 2.55 bits per heavy atom. The second-order valence-electron chi connectivity index (χ2n) is 6.04. The molecule has 1 fully saturated rings. The van der Waals surface area contributed by atoms with Crippen LogP contribution in [0.2, 0.25) is 0 Å². The molecule has 0 atom stereocenters. The van der Waals surface area contributed by atoms with Crippen molar-refractivity contribution < 1.29 is 14.6 Å². The van der Waals surface area contributed by atoms with Crippen LogP contribution < -0.4 is 4.74 Å². The Labute approximate surface area is 120 Å². The number of hydrogen-bond acceptors (Lipinski definition) is 3. The highest BCUT2D eigenvalue weighted by atomic mass is 16.5. The van der Waals surface area contributed by atoms with Gasteiger partial charge in [0.15, 0.2) is 6.61 Å². The predicted octanol–water partition coefficient (Wildman–Crippen LogP) is 1.91. The molecule has 1 aromatic carbocycles. The Balaban J connectivity index is 1.83. The van der Waals surface area contributed by atoms with Gasteiger partial charge in [-0.1, -0.05) is 19.9 Å². The smallest absolute Gasteiger partial charge is 0.260 e. The van der Waals surface area contributed by atoms with Crippen LogP contribution >= 0.6 is 0 Å². The fraction of sp³-hybridized carbons (Fsp3) is 0.562. The first-order chi connectivity index (χ1) is 9.32. The number of benzene rings is 1. The van der Waals surface area contributed by atoms with Crippen molar-refractivity contribution in [1.82, 2.24) is 4.90 Å². The lowest BCUT2D eigenvalue weighted by molar-refractivity contribution is -0.165. The van der Waals surface area contributed by atoms with E-state index in [0.717, 1.165) is 5.56 Å². The van der Waals surface area contributed by atoms with Gasteiger partial charge >= 0.3 is 0 Å². The van der Waals surface area contributed by atoms with Gasteiger partial charge in [0.25, 0.3) is 5.91 Å². The van der Waals surface area contributed by atoms with E-state index in [0.29, 0.717) is 18.8 Å². The van der Waals surface area contributed by atoms with Crippen LogP contribution in [0.3, 0.4) is 0 Å². The zero-order valence-electron chi connectivity index (χ0n) is 12.6. The molecular formula is C16H23NO3. The highest BCUT2D eigenvalue weighted by molar-refractivity contribution is 5.79. The van der Waals surface area contributed by atoms with Crippen LogP contribution in [0.25, 0.3) is 0 Å². The van der Waals surface area contributed by atoms with Gasteiger partial charge in [0.05, 0.1) is 13.1 Å². The summed E-state index contributed by atoms with van der Waals surface area (Å²) in [6, 6.07) is 5.79. The number of β-amino-alcohol motifs (C(OH)–C–C–N with tert-alkyl or cyclic N) is 1. The summed E-state index contributed by atoms with van der Waals surface area (Å²) < 4.78 is 5.52. The van der Waals surface area contributed by atoms with E-state index < -0.39 is 5.60 Å². The maximum absolute atomic E-state index is 12.0. The zero-order chi connectivity index (χ0) is 14.9. The summed E-state index contributed by atoms with van der Waals surface area (Å²) in [6.07, 6.45) is 0. The minimum Gasteiger partial charge on any atom is -0.484 e.